The second-order valence-corrected chi connectivity index (χ2v) is 21.8. The molecule has 4 heterocycles. The smallest absolute Gasteiger partial charge is 0.101 e. The fraction of sp³-hybridized carbons (Fsp3) is 0.250. The normalized spacial score (nSPS) is 12.3. The third-order valence-corrected chi connectivity index (χ3v) is 11.0. The van der Waals surface area contributed by atoms with Crippen LogP contribution in [0.15, 0.2) is 60.7 Å². The molecule has 0 radical (unpaired) electrons. The third kappa shape index (κ3) is 4.57. The van der Waals surface area contributed by atoms with Crippen molar-refractivity contribution in [1.82, 2.24) is 9.97 Å². The summed E-state index contributed by atoms with van der Waals surface area (Å²) in [5.41, 5.74) is 2.18. The molecule has 0 N–H and O–H groups in total. The van der Waals surface area contributed by atoms with Gasteiger partial charge in [0, 0.05) is 20.4 Å². The largest absolute Gasteiger partial charge is 0.257 e. The number of rotatable bonds is 5. The highest BCUT2D eigenvalue weighted by Crippen LogP contribution is 2.39. The van der Waals surface area contributed by atoms with E-state index >= 15 is 0 Å². The molecular formula is C24H28N2S2Si2. The van der Waals surface area contributed by atoms with Crippen LogP contribution in [-0.4, -0.2) is 26.1 Å². The summed E-state index contributed by atoms with van der Waals surface area (Å²) < 4.78 is 0. The van der Waals surface area contributed by atoms with E-state index in [-0.39, 0.29) is 0 Å². The monoisotopic (exact) mass is 464 g/mol. The standard InChI is InChI=1S/C24H28N2S2Si2/c1-29(2,3)23-11-7-9-17(25-23)19-13-15-21(27-19)22-16-14-20(28-22)18-10-8-12-24(26-18)30(4,5)6/h7-16H,1-6H3. The molecule has 4 aromatic rings. The van der Waals surface area contributed by atoms with Gasteiger partial charge in [0.05, 0.1) is 21.1 Å². The lowest BCUT2D eigenvalue weighted by Crippen LogP contribution is -2.39. The molecule has 0 aliphatic carbocycles. The average molecular weight is 465 g/mol. The van der Waals surface area contributed by atoms with Crippen LogP contribution in [0, 0.1) is 0 Å². The van der Waals surface area contributed by atoms with E-state index < -0.39 is 16.1 Å². The van der Waals surface area contributed by atoms with E-state index in [4.69, 9.17) is 9.97 Å². The van der Waals surface area contributed by atoms with Gasteiger partial charge in [0.2, 0.25) is 0 Å². The van der Waals surface area contributed by atoms with Crippen molar-refractivity contribution in [2.45, 2.75) is 39.3 Å². The highest BCUT2D eigenvalue weighted by atomic mass is 32.1. The Balaban J connectivity index is 1.63. The summed E-state index contributed by atoms with van der Waals surface area (Å²) in [6.45, 7) is 14.1. The molecule has 0 unspecified atom stereocenters. The minimum atomic E-state index is -1.42. The summed E-state index contributed by atoms with van der Waals surface area (Å²) in [4.78, 5) is 15.0. The van der Waals surface area contributed by atoms with Gasteiger partial charge >= 0.3 is 0 Å². The van der Waals surface area contributed by atoms with Crippen molar-refractivity contribution < 1.29 is 0 Å². The number of nitrogens with zero attached hydrogens (tertiary/aromatic N) is 2. The predicted molar refractivity (Wildman–Crippen MR) is 140 cm³/mol. The maximum absolute atomic E-state index is 4.98. The lowest BCUT2D eigenvalue weighted by Gasteiger charge is -2.15. The number of aromatic nitrogens is 2. The summed E-state index contributed by atoms with van der Waals surface area (Å²) >= 11 is 3.65. The van der Waals surface area contributed by atoms with E-state index in [9.17, 15) is 0 Å². The van der Waals surface area contributed by atoms with Gasteiger partial charge in [0.25, 0.3) is 0 Å². The molecule has 0 bridgehead atoms. The first kappa shape index (κ1) is 21.4. The molecular weight excluding hydrogens is 437 g/mol. The molecule has 6 heteroatoms. The molecule has 30 heavy (non-hydrogen) atoms. The van der Waals surface area contributed by atoms with E-state index in [1.165, 1.54) is 30.1 Å². The van der Waals surface area contributed by atoms with Crippen LogP contribution in [-0.2, 0) is 0 Å². The van der Waals surface area contributed by atoms with Crippen molar-refractivity contribution in [2.24, 2.45) is 0 Å². The zero-order valence-electron chi connectivity index (χ0n) is 18.5. The first-order valence-electron chi connectivity index (χ1n) is 10.3. The molecule has 0 aromatic carbocycles. The molecule has 4 rings (SSSR count). The maximum Gasteiger partial charge on any atom is 0.101 e. The molecule has 154 valence electrons. The van der Waals surface area contributed by atoms with E-state index in [1.807, 2.05) is 22.7 Å². The van der Waals surface area contributed by atoms with Crippen LogP contribution in [0.1, 0.15) is 0 Å². The molecule has 0 spiro atoms. The molecule has 0 aliphatic heterocycles. The van der Waals surface area contributed by atoms with Crippen molar-refractivity contribution in [3.63, 3.8) is 0 Å². The minimum absolute atomic E-state index is 1.09. The SMILES string of the molecule is C[Si](C)(C)c1cccc(-c2ccc(-c3ccc(-c4cccc([Si](C)(C)C)n4)s3)s2)n1. The Kier molecular flexibility index (Phi) is 5.70. The second kappa shape index (κ2) is 8.00. The van der Waals surface area contributed by atoms with E-state index in [1.54, 1.807) is 0 Å². The topological polar surface area (TPSA) is 25.8 Å². The highest BCUT2D eigenvalue weighted by molar-refractivity contribution is 7.25. The van der Waals surface area contributed by atoms with Crippen LogP contribution < -0.4 is 10.6 Å². The number of thiophene rings is 2. The molecule has 0 saturated heterocycles. The van der Waals surface area contributed by atoms with Crippen molar-refractivity contribution in [1.29, 1.82) is 0 Å². The predicted octanol–water partition coefficient (Wildman–Crippen LogP) is 6.69. The second-order valence-electron chi connectivity index (χ2n) is 9.64. The quantitative estimate of drug-likeness (QED) is 0.307. The molecule has 0 aliphatic rings. The Bertz CT molecular complexity index is 1090. The van der Waals surface area contributed by atoms with Gasteiger partial charge in [-0.25, -0.2) is 0 Å². The van der Waals surface area contributed by atoms with Crippen LogP contribution in [0.4, 0.5) is 0 Å². The van der Waals surface area contributed by atoms with Gasteiger partial charge in [-0.05, 0) is 48.5 Å². The summed E-state index contributed by atoms with van der Waals surface area (Å²) in [7, 11) is -2.83. The van der Waals surface area contributed by atoms with Gasteiger partial charge in [0.1, 0.15) is 16.1 Å². The van der Waals surface area contributed by atoms with Crippen molar-refractivity contribution in [2.75, 3.05) is 0 Å². The van der Waals surface area contributed by atoms with E-state index in [2.05, 4.69) is 99.9 Å². The molecule has 0 atom stereocenters. The molecule has 4 aromatic heterocycles. The number of hydrogen-bond donors (Lipinski definition) is 0. The van der Waals surface area contributed by atoms with Gasteiger partial charge < -0.3 is 0 Å². The Morgan fingerprint density at radius 3 is 1.23 bits per heavy atom. The zero-order chi connectivity index (χ0) is 21.5. The Hall–Kier alpha value is -1.87. The zero-order valence-corrected chi connectivity index (χ0v) is 22.1. The maximum atomic E-state index is 4.98. The summed E-state index contributed by atoms with van der Waals surface area (Å²) in [6.07, 6.45) is 0. The molecule has 0 saturated carbocycles. The molecule has 2 nitrogen and oxygen atoms in total. The Labute approximate surface area is 189 Å². The van der Waals surface area contributed by atoms with Gasteiger partial charge in [0.15, 0.2) is 0 Å². The van der Waals surface area contributed by atoms with Gasteiger partial charge in [-0.1, -0.05) is 51.4 Å². The molecule has 0 amide bonds. The fourth-order valence-electron chi connectivity index (χ4n) is 3.20. The lowest BCUT2D eigenvalue weighted by molar-refractivity contribution is 1.37. The molecule has 0 fully saturated rings. The van der Waals surface area contributed by atoms with Crippen LogP contribution in [0.5, 0.6) is 0 Å². The minimum Gasteiger partial charge on any atom is -0.257 e. The first-order valence-corrected chi connectivity index (χ1v) is 18.9. The van der Waals surface area contributed by atoms with Gasteiger partial charge in [-0.3, -0.25) is 9.97 Å². The Morgan fingerprint density at radius 2 is 0.867 bits per heavy atom. The van der Waals surface area contributed by atoms with Crippen molar-refractivity contribution in [3.05, 3.63) is 60.7 Å². The lowest BCUT2D eigenvalue weighted by atomic mass is 10.3. The van der Waals surface area contributed by atoms with Crippen molar-refractivity contribution in [3.8, 4) is 30.9 Å². The first-order chi connectivity index (χ1) is 14.1. The van der Waals surface area contributed by atoms with E-state index in [0.29, 0.717) is 0 Å². The van der Waals surface area contributed by atoms with Gasteiger partial charge in [-0.2, -0.15) is 0 Å². The Morgan fingerprint density at radius 1 is 0.500 bits per heavy atom. The summed E-state index contributed by atoms with van der Waals surface area (Å²) in [6, 6.07) is 21.8. The van der Waals surface area contributed by atoms with Gasteiger partial charge in [-0.15, -0.1) is 22.7 Å². The highest BCUT2D eigenvalue weighted by Gasteiger charge is 2.20. The van der Waals surface area contributed by atoms with Crippen LogP contribution >= 0.6 is 22.7 Å². The summed E-state index contributed by atoms with van der Waals surface area (Å²) in [5.74, 6) is 0. The number of hydrogen-bond acceptors (Lipinski definition) is 4. The number of pyridine rings is 2. The summed E-state index contributed by atoms with van der Waals surface area (Å²) in [5, 5.41) is 2.53. The third-order valence-electron chi connectivity index (χ3n) is 4.99. The van der Waals surface area contributed by atoms with Crippen LogP contribution in [0.3, 0.4) is 0 Å². The fourth-order valence-corrected chi connectivity index (χ4v) is 7.34. The van der Waals surface area contributed by atoms with Crippen LogP contribution in [0.2, 0.25) is 39.3 Å². The van der Waals surface area contributed by atoms with E-state index in [0.717, 1.165) is 11.4 Å². The van der Waals surface area contributed by atoms with Crippen molar-refractivity contribution >= 4 is 49.5 Å². The average Bonchev–Trinajstić information content (AvgIpc) is 3.36. The van der Waals surface area contributed by atoms with Crippen LogP contribution in [0.25, 0.3) is 30.9 Å².